The van der Waals surface area contributed by atoms with Gasteiger partial charge in [0.1, 0.15) is 11.6 Å². The van der Waals surface area contributed by atoms with E-state index in [2.05, 4.69) is 16.5 Å². The molecular weight excluding hydrogens is 236 g/mol. The summed E-state index contributed by atoms with van der Waals surface area (Å²) in [6, 6.07) is 8.12. The number of aryl methyl sites for hydroxylation is 2. The van der Waals surface area contributed by atoms with E-state index in [4.69, 9.17) is 0 Å². The van der Waals surface area contributed by atoms with Crippen LogP contribution in [-0.4, -0.2) is 15.3 Å². The normalized spacial score (nSPS) is 10.6. The van der Waals surface area contributed by atoms with Crippen molar-refractivity contribution in [2.24, 2.45) is 0 Å². The van der Waals surface area contributed by atoms with Gasteiger partial charge in [-0.25, -0.2) is 4.98 Å². The summed E-state index contributed by atoms with van der Waals surface area (Å²) in [5, 5.41) is 0. The van der Waals surface area contributed by atoms with Crippen LogP contribution >= 0.6 is 0 Å². The summed E-state index contributed by atoms with van der Waals surface area (Å²) in [5.74, 6) is 1.09. The molecule has 2 aromatic rings. The second kappa shape index (κ2) is 6.32. The molecule has 0 N–H and O–H groups in total. The zero-order chi connectivity index (χ0) is 13.7. The number of hydrogen-bond acceptors (Lipinski definition) is 2. The Morgan fingerprint density at radius 3 is 2.63 bits per heavy atom. The molecule has 3 nitrogen and oxygen atoms in total. The average Bonchev–Trinajstić information content (AvgIpc) is 2.80. The van der Waals surface area contributed by atoms with Gasteiger partial charge in [0.05, 0.1) is 6.42 Å². The Hall–Kier alpha value is -1.90. The number of nitrogens with zero attached hydrogens (tertiary/aromatic N) is 2. The predicted molar refractivity (Wildman–Crippen MR) is 76.1 cm³/mol. The van der Waals surface area contributed by atoms with Gasteiger partial charge in [-0.3, -0.25) is 4.79 Å². The van der Waals surface area contributed by atoms with Gasteiger partial charge in [0, 0.05) is 25.4 Å². The van der Waals surface area contributed by atoms with Crippen molar-refractivity contribution in [3.8, 4) is 0 Å². The van der Waals surface area contributed by atoms with Crippen LogP contribution < -0.4 is 0 Å². The summed E-state index contributed by atoms with van der Waals surface area (Å²) in [4.78, 5) is 16.3. The molecule has 19 heavy (non-hydrogen) atoms. The van der Waals surface area contributed by atoms with Crippen molar-refractivity contribution in [1.82, 2.24) is 9.55 Å². The average molecular weight is 256 g/mol. The lowest BCUT2D eigenvalue weighted by Crippen LogP contribution is -2.12. The number of carbonyl (C=O) groups excluding carboxylic acids is 1. The fourth-order valence-corrected chi connectivity index (χ4v) is 2.12. The van der Waals surface area contributed by atoms with Crippen LogP contribution in [0.5, 0.6) is 0 Å². The molecule has 0 aliphatic carbocycles. The van der Waals surface area contributed by atoms with Gasteiger partial charge in [0.2, 0.25) is 0 Å². The van der Waals surface area contributed by atoms with E-state index in [0.29, 0.717) is 12.8 Å². The van der Waals surface area contributed by atoms with Gasteiger partial charge in [0.25, 0.3) is 0 Å². The molecule has 0 fully saturated rings. The third-order valence-corrected chi connectivity index (χ3v) is 3.14. The number of rotatable bonds is 6. The highest BCUT2D eigenvalue weighted by atomic mass is 16.1. The minimum Gasteiger partial charge on any atom is -0.335 e. The van der Waals surface area contributed by atoms with Gasteiger partial charge in [0.15, 0.2) is 0 Å². The Labute approximate surface area is 114 Å². The lowest BCUT2D eigenvalue weighted by atomic mass is 10.1. The number of hydrogen-bond donors (Lipinski definition) is 0. The van der Waals surface area contributed by atoms with E-state index in [-0.39, 0.29) is 5.78 Å². The standard InChI is InChI=1S/C16H20N2O/c1-3-9-18-10-8-17-16(18)12-15(19)11-14-6-4-13(2)5-7-14/h4-8,10H,3,9,11-12H2,1-2H3. The van der Waals surface area contributed by atoms with Crippen molar-refractivity contribution in [2.75, 3.05) is 0 Å². The Bertz CT molecular complexity index is 540. The third-order valence-electron chi connectivity index (χ3n) is 3.14. The smallest absolute Gasteiger partial charge is 0.144 e. The van der Waals surface area contributed by atoms with Crippen LogP contribution in [0.4, 0.5) is 0 Å². The van der Waals surface area contributed by atoms with E-state index >= 15 is 0 Å². The second-order valence-electron chi connectivity index (χ2n) is 4.91. The molecule has 0 unspecified atom stereocenters. The summed E-state index contributed by atoms with van der Waals surface area (Å²) >= 11 is 0. The third kappa shape index (κ3) is 3.78. The lowest BCUT2D eigenvalue weighted by Gasteiger charge is -2.06. The van der Waals surface area contributed by atoms with Crippen molar-refractivity contribution < 1.29 is 4.79 Å². The zero-order valence-corrected chi connectivity index (χ0v) is 11.6. The van der Waals surface area contributed by atoms with E-state index in [0.717, 1.165) is 24.4 Å². The second-order valence-corrected chi connectivity index (χ2v) is 4.91. The molecule has 1 heterocycles. The van der Waals surface area contributed by atoms with Crippen LogP contribution in [0.1, 0.15) is 30.3 Å². The maximum absolute atomic E-state index is 12.1. The van der Waals surface area contributed by atoms with Gasteiger partial charge in [-0.15, -0.1) is 0 Å². The molecule has 0 saturated heterocycles. The van der Waals surface area contributed by atoms with Gasteiger partial charge >= 0.3 is 0 Å². The Balaban J connectivity index is 1.97. The molecule has 2 rings (SSSR count). The molecular formula is C16H20N2O. The van der Waals surface area contributed by atoms with Gasteiger partial charge in [-0.05, 0) is 18.9 Å². The number of ketones is 1. The van der Waals surface area contributed by atoms with Gasteiger partial charge in [-0.2, -0.15) is 0 Å². The number of Topliss-reactive ketones (excluding diaryl/α,β-unsaturated/α-hetero) is 1. The van der Waals surface area contributed by atoms with Crippen molar-refractivity contribution in [3.63, 3.8) is 0 Å². The minimum atomic E-state index is 0.215. The van der Waals surface area contributed by atoms with Crippen molar-refractivity contribution in [2.45, 2.75) is 39.7 Å². The molecule has 0 radical (unpaired) electrons. The highest BCUT2D eigenvalue weighted by Gasteiger charge is 2.09. The van der Waals surface area contributed by atoms with Gasteiger partial charge < -0.3 is 4.57 Å². The van der Waals surface area contributed by atoms with E-state index in [9.17, 15) is 4.79 Å². The Kier molecular flexibility index (Phi) is 4.50. The highest BCUT2D eigenvalue weighted by Crippen LogP contribution is 2.07. The summed E-state index contributed by atoms with van der Waals surface area (Å²) < 4.78 is 2.06. The van der Waals surface area contributed by atoms with E-state index < -0.39 is 0 Å². The summed E-state index contributed by atoms with van der Waals surface area (Å²) in [7, 11) is 0. The SMILES string of the molecule is CCCn1ccnc1CC(=O)Cc1ccc(C)cc1. The summed E-state index contributed by atoms with van der Waals surface area (Å²) in [6.07, 6.45) is 5.66. The quantitative estimate of drug-likeness (QED) is 0.796. The van der Waals surface area contributed by atoms with Crippen molar-refractivity contribution in [3.05, 3.63) is 53.6 Å². The minimum absolute atomic E-state index is 0.215. The molecule has 0 amide bonds. The molecule has 1 aromatic heterocycles. The molecule has 0 atom stereocenters. The molecule has 0 aliphatic heterocycles. The zero-order valence-electron chi connectivity index (χ0n) is 11.6. The molecule has 0 aliphatic rings. The van der Waals surface area contributed by atoms with Crippen LogP contribution in [0.25, 0.3) is 0 Å². The van der Waals surface area contributed by atoms with Crippen LogP contribution in [0, 0.1) is 6.92 Å². The monoisotopic (exact) mass is 256 g/mol. The van der Waals surface area contributed by atoms with Crippen LogP contribution in [-0.2, 0) is 24.2 Å². The lowest BCUT2D eigenvalue weighted by molar-refractivity contribution is -0.117. The van der Waals surface area contributed by atoms with E-state index in [1.165, 1.54) is 5.56 Å². The van der Waals surface area contributed by atoms with E-state index in [1.807, 2.05) is 37.4 Å². The predicted octanol–water partition coefficient (Wildman–Crippen LogP) is 2.96. The Morgan fingerprint density at radius 2 is 1.95 bits per heavy atom. The number of benzene rings is 1. The van der Waals surface area contributed by atoms with Crippen molar-refractivity contribution >= 4 is 5.78 Å². The molecule has 3 heteroatoms. The first kappa shape index (κ1) is 13.5. The molecule has 0 bridgehead atoms. The maximum Gasteiger partial charge on any atom is 0.144 e. The molecule has 100 valence electrons. The summed E-state index contributed by atoms with van der Waals surface area (Å²) in [6.45, 7) is 5.10. The van der Waals surface area contributed by atoms with Crippen LogP contribution in [0.15, 0.2) is 36.7 Å². The molecule has 0 saturated carbocycles. The largest absolute Gasteiger partial charge is 0.335 e. The topological polar surface area (TPSA) is 34.9 Å². The van der Waals surface area contributed by atoms with Crippen molar-refractivity contribution in [1.29, 1.82) is 0 Å². The first-order chi connectivity index (χ1) is 9.19. The number of imidazole rings is 1. The summed E-state index contributed by atoms with van der Waals surface area (Å²) in [5.41, 5.74) is 2.29. The molecule has 1 aromatic carbocycles. The fourth-order valence-electron chi connectivity index (χ4n) is 2.12. The van der Waals surface area contributed by atoms with Crippen LogP contribution in [0.2, 0.25) is 0 Å². The van der Waals surface area contributed by atoms with Gasteiger partial charge in [-0.1, -0.05) is 36.8 Å². The highest BCUT2D eigenvalue weighted by molar-refractivity contribution is 5.82. The van der Waals surface area contributed by atoms with Crippen LogP contribution in [0.3, 0.4) is 0 Å². The molecule has 0 spiro atoms. The Morgan fingerprint density at radius 1 is 1.21 bits per heavy atom. The maximum atomic E-state index is 12.1. The fraction of sp³-hybridized carbons (Fsp3) is 0.375. The number of carbonyl (C=O) groups is 1. The van der Waals surface area contributed by atoms with E-state index in [1.54, 1.807) is 6.20 Å². The number of aromatic nitrogens is 2. The first-order valence-corrected chi connectivity index (χ1v) is 6.76. The first-order valence-electron chi connectivity index (χ1n) is 6.76.